The van der Waals surface area contributed by atoms with E-state index in [2.05, 4.69) is 20.8 Å². The van der Waals surface area contributed by atoms with Gasteiger partial charge in [-0.25, -0.2) is 4.68 Å². The highest BCUT2D eigenvalue weighted by molar-refractivity contribution is 7.98. The number of anilines is 1. The number of nitro groups is 1. The number of nitrogens with zero attached hydrogens (tertiary/aromatic N) is 5. The molecule has 9 heteroatoms. The van der Waals surface area contributed by atoms with Gasteiger partial charge in [0.05, 0.1) is 11.0 Å². The average Bonchev–Trinajstić information content (AvgIpc) is 3.23. The predicted octanol–water partition coefficient (Wildman–Crippen LogP) is 2.25. The zero-order valence-electron chi connectivity index (χ0n) is 11.4. The third-order valence-electron chi connectivity index (χ3n) is 3.25. The summed E-state index contributed by atoms with van der Waals surface area (Å²) in [5, 5.41) is 26.3. The first kappa shape index (κ1) is 13.8. The molecule has 0 spiro atoms. The van der Waals surface area contributed by atoms with Crippen molar-refractivity contribution in [2.75, 3.05) is 12.4 Å². The molecule has 8 nitrogen and oxygen atoms in total. The molecule has 1 aromatic heterocycles. The Kier molecular flexibility index (Phi) is 3.74. The van der Waals surface area contributed by atoms with Crippen LogP contribution in [-0.2, 0) is 5.75 Å². The molecule has 3 rings (SSSR count). The lowest BCUT2D eigenvalue weighted by molar-refractivity contribution is -0.383. The average molecular weight is 306 g/mol. The predicted molar refractivity (Wildman–Crippen MR) is 78.3 cm³/mol. The molecule has 1 heterocycles. The molecule has 0 radical (unpaired) electrons. The third kappa shape index (κ3) is 2.97. The highest BCUT2D eigenvalue weighted by Gasteiger charge is 2.27. The number of hydrogen-bond acceptors (Lipinski definition) is 7. The standard InChI is InChI=1S/C12H14N6O2S/c1-13-10-6-8(2-5-11(10)18(19)20)7-21-12-14-15-16-17(12)9-3-4-9/h2,5-6,9,13H,3-4,7H2,1H3. The minimum absolute atomic E-state index is 0.0778. The lowest BCUT2D eigenvalue weighted by atomic mass is 10.2. The fraction of sp³-hybridized carbons (Fsp3) is 0.417. The van der Waals surface area contributed by atoms with Gasteiger partial charge in [-0.3, -0.25) is 10.1 Å². The molecule has 21 heavy (non-hydrogen) atoms. The fourth-order valence-corrected chi connectivity index (χ4v) is 2.90. The SMILES string of the molecule is CNc1cc(CSc2nnnn2C2CC2)ccc1[N+](=O)[O-]. The Labute approximate surface area is 125 Å². The molecule has 0 amide bonds. The summed E-state index contributed by atoms with van der Waals surface area (Å²) in [7, 11) is 1.67. The molecule has 0 unspecified atom stereocenters. The quantitative estimate of drug-likeness (QED) is 0.496. The molecule has 1 N–H and O–H groups in total. The largest absolute Gasteiger partial charge is 0.383 e. The number of benzene rings is 1. The maximum Gasteiger partial charge on any atom is 0.292 e. The number of nitro benzene ring substituents is 1. The monoisotopic (exact) mass is 306 g/mol. The van der Waals surface area contributed by atoms with Crippen molar-refractivity contribution < 1.29 is 4.92 Å². The molecule has 0 aliphatic heterocycles. The van der Waals surface area contributed by atoms with Crippen molar-refractivity contribution in [3.05, 3.63) is 33.9 Å². The summed E-state index contributed by atoms with van der Waals surface area (Å²) in [6.07, 6.45) is 2.25. The molecule has 1 saturated carbocycles. The maximum absolute atomic E-state index is 10.9. The van der Waals surface area contributed by atoms with Gasteiger partial charge in [0.1, 0.15) is 5.69 Å². The van der Waals surface area contributed by atoms with Crippen molar-refractivity contribution in [1.29, 1.82) is 0 Å². The summed E-state index contributed by atoms with van der Waals surface area (Å²) in [6, 6.07) is 5.51. The van der Waals surface area contributed by atoms with Crippen LogP contribution in [0.4, 0.5) is 11.4 Å². The smallest absolute Gasteiger partial charge is 0.292 e. The van der Waals surface area contributed by atoms with Crippen LogP contribution < -0.4 is 5.32 Å². The van der Waals surface area contributed by atoms with Crippen molar-refractivity contribution in [2.45, 2.75) is 29.8 Å². The molecular formula is C12H14N6O2S. The zero-order chi connectivity index (χ0) is 14.8. The maximum atomic E-state index is 10.9. The molecule has 1 aliphatic carbocycles. The second-order valence-electron chi connectivity index (χ2n) is 4.78. The summed E-state index contributed by atoms with van der Waals surface area (Å²) in [4.78, 5) is 10.5. The van der Waals surface area contributed by atoms with E-state index in [-0.39, 0.29) is 5.69 Å². The minimum Gasteiger partial charge on any atom is -0.383 e. The Hall–Kier alpha value is -2.16. The van der Waals surface area contributed by atoms with E-state index in [1.54, 1.807) is 19.2 Å². The van der Waals surface area contributed by atoms with Crippen LogP contribution in [0.1, 0.15) is 24.4 Å². The van der Waals surface area contributed by atoms with Crippen LogP contribution in [0.2, 0.25) is 0 Å². The van der Waals surface area contributed by atoms with Crippen LogP contribution in [0.15, 0.2) is 23.4 Å². The number of nitrogens with one attached hydrogen (secondary N) is 1. The van der Waals surface area contributed by atoms with E-state index < -0.39 is 4.92 Å². The Morgan fingerprint density at radius 1 is 1.52 bits per heavy atom. The third-order valence-corrected chi connectivity index (χ3v) is 4.25. The van der Waals surface area contributed by atoms with Gasteiger partial charge in [0.25, 0.3) is 5.69 Å². The number of aromatic nitrogens is 4. The van der Waals surface area contributed by atoms with Crippen molar-refractivity contribution in [3.63, 3.8) is 0 Å². The van der Waals surface area contributed by atoms with Crippen molar-refractivity contribution in [3.8, 4) is 0 Å². The van der Waals surface area contributed by atoms with Gasteiger partial charge in [-0.15, -0.1) is 5.10 Å². The van der Waals surface area contributed by atoms with E-state index in [1.165, 1.54) is 17.8 Å². The lowest BCUT2D eigenvalue weighted by Crippen LogP contribution is -1.99. The summed E-state index contributed by atoms with van der Waals surface area (Å²) in [6.45, 7) is 0. The van der Waals surface area contributed by atoms with E-state index >= 15 is 0 Å². The van der Waals surface area contributed by atoms with Gasteiger partial charge in [-0.1, -0.05) is 17.8 Å². The summed E-state index contributed by atoms with van der Waals surface area (Å²) >= 11 is 1.54. The number of thioether (sulfide) groups is 1. The molecule has 2 aromatic rings. The van der Waals surface area contributed by atoms with Crippen molar-refractivity contribution in [1.82, 2.24) is 20.2 Å². The van der Waals surface area contributed by atoms with Crippen molar-refractivity contribution >= 4 is 23.1 Å². The van der Waals surface area contributed by atoms with Crippen LogP contribution in [0.5, 0.6) is 0 Å². The molecule has 0 atom stereocenters. The molecule has 0 bridgehead atoms. The van der Waals surface area contributed by atoms with E-state index in [4.69, 9.17) is 0 Å². The Morgan fingerprint density at radius 3 is 3.00 bits per heavy atom. The number of tetrazole rings is 1. The summed E-state index contributed by atoms with van der Waals surface area (Å²) in [5.41, 5.74) is 1.58. The molecule has 110 valence electrons. The van der Waals surface area contributed by atoms with Crippen LogP contribution >= 0.6 is 11.8 Å². The van der Waals surface area contributed by atoms with E-state index in [0.717, 1.165) is 23.6 Å². The van der Waals surface area contributed by atoms with E-state index in [1.807, 2.05) is 4.68 Å². The second kappa shape index (κ2) is 5.68. The first-order valence-corrected chi connectivity index (χ1v) is 7.53. The van der Waals surface area contributed by atoms with Crippen LogP contribution in [0.3, 0.4) is 0 Å². The lowest BCUT2D eigenvalue weighted by Gasteiger charge is -2.06. The Balaban J connectivity index is 1.73. The van der Waals surface area contributed by atoms with Gasteiger partial charge >= 0.3 is 0 Å². The Bertz CT molecular complexity index is 670. The molecule has 1 fully saturated rings. The van der Waals surface area contributed by atoms with Crippen LogP contribution in [-0.4, -0.2) is 32.2 Å². The summed E-state index contributed by atoms with van der Waals surface area (Å²) < 4.78 is 1.86. The van der Waals surface area contributed by atoms with Gasteiger partial charge in [0.15, 0.2) is 0 Å². The van der Waals surface area contributed by atoms with Gasteiger partial charge in [-0.2, -0.15) is 0 Å². The van der Waals surface area contributed by atoms with E-state index in [9.17, 15) is 10.1 Å². The Morgan fingerprint density at radius 2 is 2.33 bits per heavy atom. The second-order valence-corrected chi connectivity index (χ2v) is 5.73. The fourth-order valence-electron chi connectivity index (χ4n) is 2.01. The number of rotatable bonds is 6. The molecule has 1 aliphatic rings. The van der Waals surface area contributed by atoms with Crippen molar-refractivity contribution in [2.24, 2.45) is 0 Å². The van der Waals surface area contributed by atoms with Gasteiger partial charge in [0.2, 0.25) is 5.16 Å². The van der Waals surface area contributed by atoms with Gasteiger partial charge in [0, 0.05) is 18.9 Å². The number of hydrogen-bond donors (Lipinski definition) is 1. The zero-order valence-corrected chi connectivity index (χ0v) is 12.2. The minimum atomic E-state index is -0.392. The topological polar surface area (TPSA) is 98.8 Å². The molecule has 1 aromatic carbocycles. The molecule has 0 saturated heterocycles. The highest BCUT2D eigenvalue weighted by Crippen LogP contribution is 2.37. The summed E-state index contributed by atoms with van der Waals surface area (Å²) in [5.74, 6) is 0.666. The van der Waals surface area contributed by atoms with Gasteiger partial charge in [-0.05, 0) is 34.9 Å². The van der Waals surface area contributed by atoms with Crippen LogP contribution in [0.25, 0.3) is 0 Å². The molecular weight excluding hydrogens is 292 g/mol. The first-order chi connectivity index (χ1) is 10.2. The van der Waals surface area contributed by atoms with Gasteiger partial charge < -0.3 is 5.32 Å². The highest BCUT2D eigenvalue weighted by atomic mass is 32.2. The first-order valence-electron chi connectivity index (χ1n) is 6.55. The van der Waals surface area contributed by atoms with Crippen LogP contribution in [0, 0.1) is 10.1 Å². The normalized spacial score (nSPS) is 14.1. The van der Waals surface area contributed by atoms with E-state index in [0.29, 0.717) is 17.5 Å².